The van der Waals surface area contributed by atoms with Gasteiger partial charge in [0.2, 0.25) is 0 Å². The van der Waals surface area contributed by atoms with Crippen LogP contribution in [-0.2, 0) is 21.5 Å². The Morgan fingerprint density at radius 1 is 0.882 bits per heavy atom. The van der Waals surface area contributed by atoms with Crippen LogP contribution in [0.2, 0.25) is 15.1 Å². The number of amides is 2. The minimum absolute atomic E-state index is 0.0201. The Balaban J connectivity index is 1.51. The van der Waals surface area contributed by atoms with Crippen molar-refractivity contribution in [1.82, 2.24) is 4.90 Å². The molecule has 0 radical (unpaired) electrons. The van der Waals surface area contributed by atoms with E-state index in [-0.39, 0.29) is 27.1 Å². The molecule has 1 aliphatic heterocycles. The highest BCUT2D eigenvalue weighted by atomic mass is 35.5. The largest absolute Gasteiger partial charge is 0.377 e. The van der Waals surface area contributed by atoms with Gasteiger partial charge in [0.05, 0.1) is 16.5 Å². The maximum atomic E-state index is 12.8. The normalized spacial score (nSPS) is 15.3. The highest BCUT2D eigenvalue weighted by molar-refractivity contribution is 8.18. The topological polar surface area (TPSA) is 80.8 Å². The van der Waals surface area contributed by atoms with Crippen LogP contribution in [0.3, 0.4) is 0 Å². The molecule has 3 aromatic rings. The van der Waals surface area contributed by atoms with Crippen LogP contribution in [0.4, 0.5) is 4.79 Å². The summed E-state index contributed by atoms with van der Waals surface area (Å²) >= 11 is 18.7. The maximum absolute atomic E-state index is 12.8. The predicted octanol–water partition coefficient (Wildman–Crippen LogP) is 6.65. The van der Waals surface area contributed by atoms with Gasteiger partial charge in [-0.25, -0.2) is 0 Å². The van der Waals surface area contributed by atoms with Crippen LogP contribution >= 0.6 is 46.6 Å². The molecule has 11 heteroatoms. The summed E-state index contributed by atoms with van der Waals surface area (Å²) in [6, 6.07) is 16.7. The lowest BCUT2D eigenvalue weighted by Crippen LogP contribution is -2.27. The quantitative estimate of drug-likeness (QED) is 0.251. The van der Waals surface area contributed by atoms with Gasteiger partial charge in [-0.1, -0.05) is 53.0 Å². The molecule has 174 valence electrons. The number of carbonyl (C=O) groups excluding carboxylic acids is 2. The third-order valence-corrected chi connectivity index (χ3v) is 7.64. The molecule has 1 heterocycles. The standard InChI is InChI=1S/C23H14Cl3NO5S2/c24-16-4-1-14(2-5-16)13-27-22(28)21(33-23(27)29)12-15-3-10-20(19(26)11-15)32-34(30,31)18-8-6-17(25)7-9-18/h1-12H,13H2/b21-12-. The molecule has 6 nitrogen and oxygen atoms in total. The van der Waals surface area contributed by atoms with Gasteiger partial charge in [0.1, 0.15) is 4.90 Å². The molecule has 0 N–H and O–H groups in total. The van der Waals surface area contributed by atoms with Gasteiger partial charge in [0.15, 0.2) is 5.75 Å². The smallest absolute Gasteiger partial charge is 0.339 e. The zero-order valence-corrected chi connectivity index (χ0v) is 21.0. The summed E-state index contributed by atoms with van der Waals surface area (Å²) in [5.74, 6) is -0.517. The molecule has 34 heavy (non-hydrogen) atoms. The van der Waals surface area contributed by atoms with Crippen molar-refractivity contribution in [2.45, 2.75) is 11.4 Å². The SMILES string of the molecule is O=C1S/C(=C\c2ccc(OS(=O)(=O)c3ccc(Cl)cc3)c(Cl)c2)C(=O)N1Cc1ccc(Cl)cc1. The molecule has 3 aromatic carbocycles. The second kappa shape index (κ2) is 10.0. The number of imide groups is 1. The summed E-state index contributed by atoms with van der Waals surface area (Å²) in [5.41, 5.74) is 1.26. The van der Waals surface area contributed by atoms with E-state index in [1.54, 1.807) is 24.3 Å². The van der Waals surface area contributed by atoms with E-state index in [2.05, 4.69) is 0 Å². The fraction of sp³-hybridized carbons (Fsp3) is 0.0435. The van der Waals surface area contributed by atoms with E-state index in [0.29, 0.717) is 15.6 Å². The number of thioether (sulfide) groups is 1. The highest BCUT2D eigenvalue weighted by Crippen LogP contribution is 2.35. The van der Waals surface area contributed by atoms with E-state index in [9.17, 15) is 18.0 Å². The first-order valence-corrected chi connectivity index (χ1v) is 13.0. The first-order valence-electron chi connectivity index (χ1n) is 9.62. The molecule has 4 rings (SSSR count). The van der Waals surface area contributed by atoms with Crippen LogP contribution in [0.15, 0.2) is 76.5 Å². The molecule has 0 saturated carbocycles. The van der Waals surface area contributed by atoms with E-state index in [1.807, 2.05) is 0 Å². The van der Waals surface area contributed by atoms with Crippen molar-refractivity contribution in [1.29, 1.82) is 0 Å². The molecule has 2 amide bonds. The summed E-state index contributed by atoms with van der Waals surface area (Å²) in [4.78, 5) is 26.4. The Morgan fingerprint density at radius 3 is 2.12 bits per heavy atom. The van der Waals surface area contributed by atoms with Gasteiger partial charge in [-0.2, -0.15) is 8.42 Å². The average molecular weight is 555 g/mol. The third kappa shape index (κ3) is 5.59. The molecule has 1 aliphatic rings. The van der Waals surface area contributed by atoms with Crippen LogP contribution in [-0.4, -0.2) is 24.5 Å². The van der Waals surface area contributed by atoms with Crippen LogP contribution in [0.5, 0.6) is 5.75 Å². The monoisotopic (exact) mass is 553 g/mol. The van der Waals surface area contributed by atoms with Gasteiger partial charge >= 0.3 is 10.1 Å². The Hall–Kier alpha value is -2.49. The first-order chi connectivity index (χ1) is 16.1. The number of rotatable bonds is 6. The van der Waals surface area contributed by atoms with E-state index in [4.69, 9.17) is 39.0 Å². The van der Waals surface area contributed by atoms with Crippen LogP contribution < -0.4 is 4.18 Å². The molecule has 0 spiro atoms. The summed E-state index contributed by atoms with van der Waals surface area (Å²) in [6.45, 7) is 0.120. The second-order valence-corrected chi connectivity index (χ2v) is 10.9. The predicted molar refractivity (Wildman–Crippen MR) is 134 cm³/mol. The third-order valence-electron chi connectivity index (χ3n) is 4.68. The molecule has 0 unspecified atom stereocenters. The van der Waals surface area contributed by atoms with E-state index >= 15 is 0 Å². The number of benzene rings is 3. The zero-order chi connectivity index (χ0) is 24.5. The van der Waals surface area contributed by atoms with Gasteiger partial charge in [0, 0.05) is 10.0 Å². The van der Waals surface area contributed by atoms with Gasteiger partial charge in [0.25, 0.3) is 11.1 Å². The Labute approximate surface area is 215 Å². The minimum atomic E-state index is -4.12. The molecule has 0 aromatic heterocycles. The van der Waals surface area contributed by atoms with Crippen molar-refractivity contribution in [2.75, 3.05) is 0 Å². The number of halogens is 3. The van der Waals surface area contributed by atoms with E-state index in [1.165, 1.54) is 48.5 Å². The molecule has 1 fully saturated rings. The summed E-state index contributed by atoms with van der Waals surface area (Å²) in [5, 5.41) is 0.569. The van der Waals surface area contributed by atoms with Crippen molar-refractivity contribution in [3.63, 3.8) is 0 Å². The van der Waals surface area contributed by atoms with Gasteiger partial charge < -0.3 is 4.18 Å². The summed E-state index contributed by atoms with van der Waals surface area (Å²) < 4.78 is 30.1. The zero-order valence-electron chi connectivity index (χ0n) is 17.1. The van der Waals surface area contributed by atoms with Crippen molar-refractivity contribution >= 4 is 73.9 Å². The molecule has 1 saturated heterocycles. The summed E-state index contributed by atoms with van der Waals surface area (Å²) in [6.07, 6.45) is 1.51. The van der Waals surface area contributed by atoms with Crippen molar-refractivity contribution < 1.29 is 22.2 Å². The lowest BCUT2D eigenvalue weighted by atomic mass is 10.2. The number of nitrogens with zero attached hydrogens (tertiary/aromatic N) is 1. The minimum Gasteiger partial charge on any atom is -0.377 e. The number of hydrogen-bond acceptors (Lipinski definition) is 6. The van der Waals surface area contributed by atoms with Gasteiger partial charge in [-0.3, -0.25) is 14.5 Å². The maximum Gasteiger partial charge on any atom is 0.339 e. The van der Waals surface area contributed by atoms with Crippen LogP contribution in [0, 0.1) is 0 Å². The molecule has 0 atom stereocenters. The number of hydrogen-bond donors (Lipinski definition) is 0. The van der Waals surface area contributed by atoms with E-state index < -0.39 is 21.3 Å². The van der Waals surface area contributed by atoms with Crippen molar-refractivity contribution in [3.8, 4) is 5.75 Å². The molecule has 0 aliphatic carbocycles. The molecule has 0 bridgehead atoms. The fourth-order valence-electron chi connectivity index (χ4n) is 3.00. The lowest BCUT2D eigenvalue weighted by molar-refractivity contribution is -0.123. The average Bonchev–Trinajstić information content (AvgIpc) is 3.04. The Kier molecular flexibility index (Phi) is 7.25. The first kappa shape index (κ1) is 24.6. The highest BCUT2D eigenvalue weighted by Gasteiger charge is 2.35. The second-order valence-electron chi connectivity index (χ2n) is 7.08. The molecular formula is C23H14Cl3NO5S2. The Morgan fingerprint density at radius 2 is 1.50 bits per heavy atom. The summed E-state index contributed by atoms with van der Waals surface area (Å²) in [7, 11) is -4.12. The molecular weight excluding hydrogens is 541 g/mol. The van der Waals surface area contributed by atoms with Gasteiger partial charge in [-0.15, -0.1) is 0 Å². The van der Waals surface area contributed by atoms with Crippen molar-refractivity contribution in [2.24, 2.45) is 0 Å². The van der Waals surface area contributed by atoms with Crippen LogP contribution in [0.1, 0.15) is 11.1 Å². The van der Waals surface area contributed by atoms with Crippen molar-refractivity contribution in [3.05, 3.63) is 97.8 Å². The van der Waals surface area contributed by atoms with E-state index in [0.717, 1.165) is 22.2 Å². The Bertz CT molecular complexity index is 1410. The number of carbonyl (C=O) groups is 2. The lowest BCUT2D eigenvalue weighted by Gasteiger charge is -2.12. The van der Waals surface area contributed by atoms with Gasteiger partial charge in [-0.05, 0) is 77.5 Å². The fourth-order valence-corrected chi connectivity index (χ4v) is 5.31. The van der Waals surface area contributed by atoms with Crippen LogP contribution in [0.25, 0.3) is 6.08 Å².